The Labute approximate surface area is 162 Å². The van der Waals surface area contributed by atoms with Crippen molar-refractivity contribution in [3.8, 4) is 22.8 Å². The van der Waals surface area contributed by atoms with Gasteiger partial charge in [-0.3, -0.25) is 9.48 Å². The fraction of sp³-hybridized carbons (Fsp3) is 0.238. The monoisotopic (exact) mass is 376 g/mol. The van der Waals surface area contributed by atoms with Crippen molar-refractivity contribution < 1.29 is 14.3 Å². The molecule has 0 saturated carbocycles. The zero-order valence-electron chi connectivity index (χ0n) is 15.4. The first-order chi connectivity index (χ1) is 13.7. The number of anilines is 1. The number of carbonyl (C=O) groups is 1. The molecule has 1 aromatic heterocycles. The number of rotatable bonds is 2. The summed E-state index contributed by atoms with van der Waals surface area (Å²) in [7, 11) is 1.87. The summed E-state index contributed by atoms with van der Waals surface area (Å²) in [5, 5.41) is 11.1. The number of nitrogens with zero attached hydrogens (tertiary/aromatic N) is 2. The molecule has 1 unspecified atom stereocenters. The van der Waals surface area contributed by atoms with Gasteiger partial charge < -0.3 is 20.1 Å². The summed E-state index contributed by atoms with van der Waals surface area (Å²) in [6.45, 7) is 1.28. The summed E-state index contributed by atoms with van der Waals surface area (Å²) in [6, 6.07) is 13.3. The standard InChI is InChI=1S/C21H20N4O3/c1-25-12-15(20-22-16-6-3-2-5-14(16)21(26)23-20)19(24-25)13-7-8-17-18(11-13)28-10-4-9-27-17/h2-3,5-8,11-12,20,22H,4,9-10H2,1H3,(H,23,26). The molecule has 2 N–H and O–H groups in total. The normalized spacial score (nSPS) is 17.9. The van der Waals surface area contributed by atoms with E-state index in [4.69, 9.17) is 9.47 Å². The average molecular weight is 376 g/mol. The number of para-hydroxylation sites is 1. The Bertz CT molecular complexity index is 1060. The van der Waals surface area contributed by atoms with E-state index in [0.717, 1.165) is 40.4 Å². The Morgan fingerprint density at radius 1 is 1.07 bits per heavy atom. The summed E-state index contributed by atoms with van der Waals surface area (Å²) in [5.41, 5.74) is 4.04. The SMILES string of the molecule is Cn1cc(C2NC(=O)c3ccccc3N2)c(-c2ccc3c(c2)OCCCO3)n1. The van der Waals surface area contributed by atoms with E-state index < -0.39 is 0 Å². The molecule has 7 heteroatoms. The van der Waals surface area contributed by atoms with Crippen molar-refractivity contribution in [2.45, 2.75) is 12.6 Å². The lowest BCUT2D eigenvalue weighted by Crippen LogP contribution is -2.38. The molecule has 2 aliphatic heterocycles. The first-order valence-electron chi connectivity index (χ1n) is 9.29. The van der Waals surface area contributed by atoms with Crippen molar-refractivity contribution in [2.75, 3.05) is 18.5 Å². The van der Waals surface area contributed by atoms with E-state index in [2.05, 4.69) is 15.7 Å². The highest BCUT2D eigenvalue weighted by molar-refractivity contribution is 6.01. The smallest absolute Gasteiger partial charge is 0.255 e. The molecule has 0 bridgehead atoms. The van der Waals surface area contributed by atoms with E-state index in [1.807, 2.05) is 55.7 Å². The molecule has 0 radical (unpaired) electrons. The maximum atomic E-state index is 12.5. The number of carbonyl (C=O) groups excluding carboxylic acids is 1. The second-order valence-electron chi connectivity index (χ2n) is 6.92. The summed E-state index contributed by atoms with van der Waals surface area (Å²) < 4.78 is 13.3. The Morgan fingerprint density at radius 3 is 2.79 bits per heavy atom. The van der Waals surface area contributed by atoms with Crippen LogP contribution in [0.3, 0.4) is 0 Å². The molecule has 1 atom stereocenters. The van der Waals surface area contributed by atoms with Gasteiger partial charge in [-0.15, -0.1) is 0 Å². The molecule has 0 fully saturated rings. The third-order valence-corrected chi connectivity index (χ3v) is 4.94. The van der Waals surface area contributed by atoms with Crippen molar-refractivity contribution in [2.24, 2.45) is 7.05 Å². The molecule has 1 amide bonds. The summed E-state index contributed by atoms with van der Waals surface area (Å²) >= 11 is 0. The average Bonchev–Trinajstić information content (AvgIpc) is 2.94. The van der Waals surface area contributed by atoms with Crippen LogP contribution >= 0.6 is 0 Å². The van der Waals surface area contributed by atoms with Gasteiger partial charge in [0.2, 0.25) is 0 Å². The fourth-order valence-corrected chi connectivity index (χ4v) is 3.62. The van der Waals surface area contributed by atoms with Crippen LogP contribution < -0.4 is 20.1 Å². The molecule has 0 aliphatic carbocycles. The highest BCUT2D eigenvalue weighted by atomic mass is 16.5. The highest BCUT2D eigenvalue weighted by Gasteiger charge is 2.28. The number of ether oxygens (including phenoxy) is 2. The van der Waals surface area contributed by atoms with Crippen LogP contribution in [-0.2, 0) is 7.05 Å². The van der Waals surface area contributed by atoms with E-state index in [-0.39, 0.29) is 12.1 Å². The van der Waals surface area contributed by atoms with Crippen LogP contribution in [0.25, 0.3) is 11.3 Å². The number of fused-ring (bicyclic) bond motifs is 2. The summed E-state index contributed by atoms with van der Waals surface area (Å²) in [6.07, 6.45) is 2.41. The number of aromatic nitrogens is 2. The first-order valence-corrected chi connectivity index (χ1v) is 9.29. The van der Waals surface area contributed by atoms with Crippen LogP contribution in [0.5, 0.6) is 11.5 Å². The number of amides is 1. The maximum Gasteiger partial charge on any atom is 0.255 e. The molecular formula is C21H20N4O3. The van der Waals surface area contributed by atoms with Gasteiger partial charge in [0.1, 0.15) is 6.17 Å². The van der Waals surface area contributed by atoms with Gasteiger partial charge in [0.25, 0.3) is 5.91 Å². The second kappa shape index (κ2) is 6.60. The lowest BCUT2D eigenvalue weighted by atomic mass is 10.0. The van der Waals surface area contributed by atoms with Gasteiger partial charge in [-0.1, -0.05) is 12.1 Å². The molecule has 0 spiro atoms. The quantitative estimate of drug-likeness (QED) is 0.719. The lowest BCUT2D eigenvalue weighted by Gasteiger charge is -2.27. The largest absolute Gasteiger partial charge is 0.490 e. The molecular weight excluding hydrogens is 356 g/mol. The first kappa shape index (κ1) is 16.7. The predicted molar refractivity (Wildman–Crippen MR) is 105 cm³/mol. The van der Waals surface area contributed by atoms with E-state index in [0.29, 0.717) is 18.8 Å². The van der Waals surface area contributed by atoms with E-state index in [9.17, 15) is 4.79 Å². The number of hydrogen-bond acceptors (Lipinski definition) is 5. The van der Waals surface area contributed by atoms with Gasteiger partial charge in [-0.05, 0) is 30.3 Å². The highest BCUT2D eigenvalue weighted by Crippen LogP contribution is 2.37. The van der Waals surface area contributed by atoms with E-state index in [1.54, 1.807) is 4.68 Å². The van der Waals surface area contributed by atoms with Gasteiger partial charge >= 0.3 is 0 Å². The van der Waals surface area contributed by atoms with Gasteiger partial charge in [0.05, 0.1) is 24.5 Å². The molecule has 28 heavy (non-hydrogen) atoms. The number of hydrogen-bond donors (Lipinski definition) is 2. The molecule has 0 saturated heterocycles. The Hall–Kier alpha value is -3.48. The van der Waals surface area contributed by atoms with E-state index >= 15 is 0 Å². The van der Waals surface area contributed by atoms with Crippen LogP contribution in [0, 0.1) is 0 Å². The van der Waals surface area contributed by atoms with E-state index in [1.165, 1.54) is 0 Å². The van der Waals surface area contributed by atoms with Crippen LogP contribution in [0.1, 0.15) is 28.5 Å². The van der Waals surface area contributed by atoms with Gasteiger partial charge in [0.15, 0.2) is 11.5 Å². The maximum absolute atomic E-state index is 12.5. The van der Waals surface area contributed by atoms with Crippen molar-refractivity contribution in [1.29, 1.82) is 0 Å². The fourth-order valence-electron chi connectivity index (χ4n) is 3.62. The van der Waals surface area contributed by atoms with Crippen LogP contribution in [0.2, 0.25) is 0 Å². The Kier molecular flexibility index (Phi) is 3.93. The van der Waals surface area contributed by atoms with Crippen molar-refractivity contribution in [1.82, 2.24) is 15.1 Å². The molecule has 7 nitrogen and oxygen atoms in total. The number of benzene rings is 2. The number of nitrogens with one attached hydrogen (secondary N) is 2. The minimum atomic E-state index is -0.373. The second-order valence-corrected chi connectivity index (χ2v) is 6.92. The van der Waals surface area contributed by atoms with Gasteiger partial charge in [0, 0.05) is 36.5 Å². The molecule has 2 aromatic carbocycles. The predicted octanol–water partition coefficient (Wildman–Crippen LogP) is 3.10. The van der Waals surface area contributed by atoms with Crippen molar-refractivity contribution >= 4 is 11.6 Å². The topological polar surface area (TPSA) is 77.4 Å². The molecule has 2 aliphatic rings. The van der Waals surface area contributed by atoms with Gasteiger partial charge in [-0.2, -0.15) is 5.10 Å². The Balaban J connectivity index is 1.54. The minimum absolute atomic E-state index is 0.104. The zero-order valence-corrected chi connectivity index (χ0v) is 15.4. The minimum Gasteiger partial charge on any atom is -0.490 e. The molecule has 3 aromatic rings. The van der Waals surface area contributed by atoms with Crippen LogP contribution in [-0.4, -0.2) is 28.9 Å². The van der Waals surface area contributed by atoms with Crippen LogP contribution in [0.15, 0.2) is 48.7 Å². The van der Waals surface area contributed by atoms with Crippen LogP contribution in [0.4, 0.5) is 5.69 Å². The zero-order chi connectivity index (χ0) is 19.1. The third kappa shape index (κ3) is 2.85. The lowest BCUT2D eigenvalue weighted by molar-refractivity contribution is 0.0936. The molecule has 3 heterocycles. The van der Waals surface area contributed by atoms with Crippen molar-refractivity contribution in [3.05, 3.63) is 59.8 Å². The third-order valence-electron chi connectivity index (χ3n) is 4.94. The van der Waals surface area contributed by atoms with Gasteiger partial charge in [-0.25, -0.2) is 0 Å². The number of aryl methyl sites for hydroxylation is 1. The van der Waals surface area contributed by atoms with Crippen molar-refractivity contribution in [3.63, 3.8) is 0 Å². The molecule has 142 valence electrons. The molecule has 5 rings (SSSR count). The Morgan fingerprint density at radius 2 is 1.89 bits per heavy atom. The summed E-state index contributed by atoms with van der Waals surface area (Å²) in [4.78, 5) is 12.5. The summed E-state index contributed by atoms with van der Waals surface area (Å²) in [5.74, 6) is 1.36.